The molecular formula is C17H26ClN3O2. The fourth-order valence-corrected chi connectivity index (χ4v) is 2.93. The number of aromatic nitrogens is 1. The molecule has 2 heterocycles. The molecule has 1 atom stereocenters. The Labute approximate surface area is 143 Å². The quantitative estimate of drug-likeness (QED) is 0.774. The SMILES string of the molecule is Cc1nc(Cl)ccc1CN1CCN(C(=O)OC(C)(C)C)[C@@H](C)C1. The third-order valence-corrected chi connectivity index (χ3v) is 4.11. The maximum absolute atomic E-state index is 12.2. The molecule has 0 spiro atoms. The molecule has 1 amide bonds. The summed E-state index contributed by atoms with van der Waals surface area (Å²) in [5, 5.41) is 0.523. The van der Waals surface area contributed by atoms with Crippen LogP contribution >= 0.6 is 11.6 Å². The molecule has 0 bridgehead atoms. The van der Waals surface area contributed by atoms with Crippen LogP contribution in [0.2, 0.25) is 5.15 Å². The third-order valence-electron chi connectivity index (χ3n) is 3.89. The molecule has 1 aromatic rings. The number of aryl methyl sites for hydroxylation is 1. The van der Waals surface area contributed by atoms with Gasteiger partial charge >= 0.3 is 6.09 Å². The van der Waals surface area contributed by atoms with Crippen molar-refractivity contribution in [2.75, 3.05) is 19.6 Å². The summed E-state index contributed by atoms with van der Waals surface area (Å²) in [5.74, 6) is 0. The Kier molecular flexibility index (Phi) is 5.53. The second kappa shape index (κ2) is 7.05. The number of halogens is 1. The zero-order chi connectivity index (χ0) is 17.2. The van der Waals surface area contributed by atoms with Crippen LogP contribution < -0.4 is 0 Å². The van der Waals surface area contributed by atoms with Crippen LogP contribution in [0.3, 0.4) is 0 Å². The molecule has 23 heavy (non-hydrogen) atoms. The van der Waals surface area contributed by atoms with E-state index in [9.17, 15) is 4.79 Å². The summed E-state index contributed by atoms with van der Waals surface area (Å²) < 4.78 is 5.48. The van der Waals surface area contributed by atoms with Crippen molar-refractivity contribution in [3.05, 3.63) is 28.5 Å². The molecule has 0 saturated carbocycles. The van der Waals surface area contributed by atoms with E-state index in [1.807, 2.05) is 44.7 Å². The Morgan fingerprint density at radius 1 is 1.39 bits per heavy atom. The highest BCUT2D eigenvalue weighted by Crippen LogP contribution is 2.18. The molecule has 0 radical (unpaired) electrons. The van der Waals surface area contributed by atoms with Gasteiger partial charge in [0.05, 0.1) is 0 Å². The van der Waals surface area contributed by atoms with Crippen LogP contribution in [0.5, 0.6) is 0 Å². The van der Waals surface area contributed by atoms with Gasteiger partial charge in [-0.1, -0.05) is 17.7 Å². The fraction of sp³-hybridized carbons (Fsp3) is 0.647. The monoisotopic (exact) mass is 339 g/mol. The number of carbonyl (C=O) groups excluding carboxylic acids is 1. The van der Waals surface area contributed by atoms with Gasteiger partial charge in [0.15, 0.2) is 0 Å². The van der Waals surface area contributed by atoms with Gasteiger partial charge in [-0.3, -0.25) is 4.90 Å². The molecule has 2 rings (SSSR count). The largest absolute Gasteiger partial charge is 0.444 e. The molecule has 0 unspecified atom stereocenters. The topological polar surface area (TPSA) is 45.7 Å². The summed E-state index contributed by atoms with van der Waals surface area (Å²) >= 11 is 5.91. The summed E-state index contributed by atoms with van der Waals surface area (Å²) in [6, 6.07) is 3.97. The van der Waals surface area contributed by atoms with E-state index in [4.69, 9.17) is 16.3 Å². The van der Waals surface area contributed by atoms with Crippen LogP contribution in [0.4, 0.5) is 4.79 Å². The second-order valence-electron chi connectivity index (χ2n) is 7.14. The Morgan fingerprint density at radius 3 is 2.65 bits per heavy atom. The van der Waals surface area contributed by atoms with Gasteiger partial charge < -0.3 is 9.64 Å². The lowest BCUT2D eigenvalue weighted by Gasteiger charge is -2.40. The zero-order valence-corrected chi connectivity index (χ0v) is 15.4. The van der Waals surface area contributed by atoms with Gasteiger partial charge in [0.2, 0.25) is 0 Å². The minimum Gasteiger partial charge on any atom is -0.444 e. The summed E-state index contributed by atoms with van der Waals surface area (Å²) in [6.07, 6.45) is -0.228. The van der Waals surface area contributed by atoms with Crippen molar-refractivity contribution >= 4 is 17.7 Å². The van der Waals surface area contributed by atoms with Crippen LogP contribution in [0.15, 0.2) is 12.1 Å². The molecule has 1 fully saturated rings. The highest BCUT2D eigenvalue weighted by atomic mass is 35.5. The van der Waals surface area contributed by atoms with Crippen molar-refractivity contribution in [2.24, 2.45) is 0 Å². The van der Waals surface area contributed by atoms with Gasteiger partial charge in [-0.2, -0.15) is 0 Å². The number of ether oxygens (including phenoxy) is 1. The number of carbonyl (C=O) groups is 1. The van der Waals surface area contributed by atoms with Gasteiger partial charge in [0, 0.05) is 37.9 Å². The number of pyridine rings is 1. The second-order valence-corrected chi connectivity index (χ2v) is 7.52. The molecule has 1 aliphatic heterocycles. The summed E-state index contributed by atoms with van der Waals surface area (Å²) in [5.41, 5.74) is 1.67. The number of amides is 1. The van der Waals surface area contributed by atoms with E-state index in [0.29, 0.717) is 11.7 Å². The number of hydrogen-bond acceptors (Lipinski definition) is 4. The first-order chi connectivity index (χ1) is 10.7. The Bertz CT molecular complexity index is 571. The average Bonchev–Trinajstić information content (AvgIpc) is 2.40. The smallest absolute Gasteiger partial charge is 0.410 e. The fourth-order valence-electron chi connectivity index (χ4n) is 2.74. The van der Waals surface area contributed by atoms with Gasteiger partial charge in [0.1, 0.15) is 10.8 Å². The maximum Gasteiger partial charge on any atom is 0.410 e. The van der Waals surface area contributed by atoms with Gasteiger partial charge in [-0.25, -0.2) is 9.78 Å². The molecule has 5 nitrogen and oxygen atoms in total. The molecule has 1 aliphatic rings. The molecule has 6 heteroatoms. The molecule has 128 valence electrons. The standard InChI is InChI=1S/C17H26ClN3O2/c1-12-10-20(11-14-6-7-15(18)19-13(14)2)8-9-21(12)16(22)23-17(3,4)5/h6-7,12H,8-11H2,1-5H3/t12-/m0/s1. The predicted molar refractivity (Wildman–Crippen MR) is 91.7 cm³/mol. The van der Waals surface area contributed by atoms with E-state index >= 15 is 0 Å². The lowest BCUT2D eigenvalue weighted by atomic mass is 10.1. The van der Waals surface area contributed by atoms with Gasteiger partial charge in [0.25, 0.3) is 0 Å². The van der Waals surface area contributed by atoms with Crippen molar-refractivity contribution in [1.29, 1.82) is 0 Å². The Balaban J connectivity index is 1.94. The van der Waals surface area contributed by atoms with Crippen LogP contribution in [0, 0.1) is 6.92 Å². The molecule has 1 aromatic heterocycles. The highest BCUT2D eigenvalue weighted by molar-refractivity contribution is 6.29. The van der Waals surface area contributed by atoms with Crippen LogP contribution in [0.1, 0.15) is 39.0 Å². The van der Waals surface area contributed by atoms with Crippen molar-refractivity contribution < 1.29 is 9.53 Å². The van der Waals surface area contributed by atoms with Crippen molar-refractivity contribution in [2.45, 2.75) is 52.8 Å². The third kappa shape index (κ3) is 5.08. The van der Waals surface area contributed by atoms with Crippen molar-refractivity contribution in [1.82, 2.24) is 14.8 Å². The summed E-state index contributed by atoms with van der Waals surface area (Å²) in [6.45, 7) is 12.8. The highest BCUT2D eigenvalue weighted by Gasteiger charge is 2.30. The molecule has 1 saturated heterocycles. The number of piperazine rings is 1. The van der Waals surface area contributed by atoms with E-state index in [2.05, 4.69) is 16.8 Å². The number of nitrogens with zero attached hydrogens (tertiary/aromatic N) is 3. The van der Waals surface area contributed by atoms with Crippen LogP contribution in [-0.4, -0.2) is 52.2 Å². The molecule has 0 aromatic carbocycles. The van der Waals surface area contributed by atoms with E-state index in [1.165, 1.54) is 5.56 Å². The van der Waals surface area contributed by atoms with Crippen molar-refractivity contribution in [3.8, 4) is 0 Å². The Hall–Kier alpha value is -1.33. The van der Waals surface area contributed by atoms with Gasteiger partial charge in [-0.05, 0) is 46.2 Å². The van der Waals surface area contributed by atoms with Crippen molar-refractivity contribution in [3.63, 3.8) is 0 Å². The predicted octanol–water partition coefficient (Wildman–Crippen LogP) is 3.48. The minimum atomic E-state index is -0.458. The lowest BCUT2D eigenvalue weighted by molar-refractivity contribution is 0.000524. The Morgan fingerprint density at radius 2 is 2.09 bits per heavy atom. The van der Waals surface area contributed by atoms with E-state index in [-0.39, 0.29) is 12.1 Å². The first kappa shape index (κ1) is 18.0. The average molecular weight is 340 g/mol. The first-order valence-corrected chi connectivity index (χ1v) is 8.37. The van der Waals surface area contributed by atoms with E-state index < -0.39 is 5.60 Å². The van der Waals surface area contributed by atoms with Gasteiger partial charge in [-0.15, -0.1) is 0 Å². The lowest BCUT2D eigenvalue weighted by Crippen LogP contribution is -2.54. The summed E-state index contributed by atoms with van der Waals surface area (Å²) in [7, 11) is 0. The van der Waals surface area contributed by atoms with Crippen LogP contribution in [0.25, 0.3) is 0 Å². The normalized spacial score (nSPS) is 19.7. The number of rotatable bonds is 2. The molecular weight excluding hydrogens is 314 g/mol. The molecule has 0 N–H and O–H groups in total. The molecule has 0 aliphatic carbocycles. The minimum absolute atomic E-state index is 0.124. The first-order valence-electron chi connectivity index (χ1n) is 8.00. The summed E-state index contributed by atoms with van der Waals surface area (Å²) in [4.78, 5) is 20.7. The number of hydrogen-bond donors (Lipinski definition) is 0. The maximum atomic E-state index is 12.2. The van der Waals surface area contributed by atoms with E-state index in [1.54, 1.807) is 0 Å². The van der Waals surface area contributed by atoms with E-state index in [0.717, 1.165) is 25.3 Å². The zero-order valence-electron chi connectivity index (χ0n) is 14.6. The van der Waals surface area contributed by atoms with Crippen LogP contribution in [-0.2, 0) is 11.3 Å².